The standard InChI is InChI=1S/C13H6BrClF2O3S/c14-12-2-1-11(21-12)10(18)5-20-13(19)6-3-8(16)9(17)4-7(6)15/h1-4H,5H2. The van der Waals surface area contributed by atoms with E-state index in [-0.39, 0.29) is 10.6 Å². The van der Waals surface area contributed by atoms with Crippen molar-refractivity contribution in [3.05, 3.63) is 55.1 Å². The third-order valence-corrected chi connectivity index (χ3v) is 4.39. The lowest BCUT2D eigenvalue weighted by atomic mass is 10.2. The molecular formula is C13H6BrClF2O3S. The zero-order valence-electron chi connectivity index (χ0n) is 10.2. The van der Waals surface area contributed by atoms with E-state index in [9.17, 15) is 18.4 Å². The van der Waals surface area contributed by atoms with Crippen LogP contribution in [0.4, 0.5) is 8.78 Å². The van der Waals surface area contributed by atoms with Gasteiger partial charge in [0.15, 0.2) is 18.2 Å². The molecule has 8 heteroatoms. The monoisotopic (exact) mass is 394 g/mol. The molecule has 1 aromatic carbocycles. The third kappa shape index (κ3) is 3.87. The summed E-state index contributed by atoms with van der Waals surface area (Å²) in [5.41, 5.74) is -0.337. The molecule has 0 fully saturated rings. The smallest absolute Gasteiger partial charge is 0.340 e. The first-order valence-corrected chi connectivity index (χ1v) is 7.47. The molecule has 110 valence electrons. The number of Topliss-reactive ketones (excluding diaryl/α,β-unsaturated/α-hetero) is 1. The predicted octanol–water partition coefficient (Wildman–Crippen LogP) is 4.48. The highest BCUT2D eigenvalue weighted by Crippen LogP contribution is 2.23. The molecular weight excluding hydrogens is 390 g/mol. The highest BCUT2D eigenvalue weighted by molar-refractivity contribution is 9.11. The lowest BCUT2D eigenvalue weighted by molar-refractivity contribution is 0.0475. The molecule has 0 amide bonds. The van der Waals surface area contributed by atoms with Crippen LogP contribution in [0, 0.1) is 11.6 Å². The number of carbonyl (C=O) groups is 2. The van der Waals surface area contributed by atoms with E-state index >= 15 is 0 Å². The molecule has 0 unspecified atom stereocenters. The first kappa shape index (κ1) is 16.1. The molecule has 0 bridgehead atoms. The maximum Gasteiger partial charge on any atom is 0.340 e. The van der Waals surface area contributed by atoms with Gasteiger partial charge in [0.2, 0.25) is 5.78 Å². The van der Waals surface area contributed by atoms with Gasteiger partial charge in [0, 0.05) is 0 Å². The second-order valence-electron chi connectivity index (χ2n) is 3.85. The Labute approximate surface area is 135 Å². The number of halogens is 4. The van der Waals surface area contributed by atoms with Crippen LogP contribution in [-0.4, -0.2) is 18.4 Å². The first-order chi connectivity index (χ1) is 9.88. The Hall–Kier alpha value is -1.31. The predicted molar refractivity (Wildman–Crippen MR) is 78.0 cm³/mol. The van der Waals surface area contributed by atoms with E-state index < -0.39 is 30.0 Å². The largest absolute Gasteiger partial charge is 0.454 e. The Kier molecular flexibility index (Phi) is 5.08. The molecule has 0 aliphatic carbocycles. The minimum Gasteiger partial charge on any atom is -0.454 e. The molecule has 2 aromatic rings. The molecule has 0 N–H and O–H groups in total. The van der Waals surface area contributed by atoms with Crippen LogP contribution in [-0.2, 0) is 4.74 Å². The van der Waals surface area contributed by atoms with Gasteiger partial charge >= 0.3 is 5.97 Å². The van der Waals surface area contributed by atoms with Gasteiger partial charge in [-0.05, 0) is 40.2 Å². The summed E-state index contributed by atoms with van der Waals surface area (Å²) in [4.78, 5) is 23.9. The van der Waals surface area contributed by atoms with Crippen LogP contribution in [0.1, 0.15) is 20.0 Å². The van der Waals surface area contributed by atoms with Crippen molar-refractivity contribution in [2.75, 3.05) is 6.61 Å². The van der Waals surface area contributed by atoms with Crippen molar-refractivity contribution >= 4 is 50.6 Å². The molecule has 0 saturated heterocycles. The summed E-state index contributed by atoms with van der Waals surface area (Å²) in [7, 11) is 0. The lowest BCUT2D eigenvalue weighted by Crippen LogP contribution is -2.14. The topological polar surface area (TPSA) is 43.4 Å². The molecule has 0 spiro atoms. The van der Waals surface area contributed by atoms with Gasteiger partial charge in [0.25, 0.3) is 0 Å². The number of ketones is 1. The van der Waals surface area contributed by atoms with Gasteiger partial charge < -0.3 is 4.74 Å². The Bertz CT molecular complexity index is 717. The molecule has 21 heavy (non-hydrogen) atoms. The van der Waals surface area contributed by atoms with Crippen LogP contribution in [0.15, 0.2) is 28.1 Å². The van der Waals surface area contributed by atoms with Crippen LogP contribution in [0.5, 0.6) is 0 Å². The maximum absolute atomic E-state index is 13.1. The van der Waals surface area contributed by atoms with Crippen LogP contribution >= 0.6 is 38.9 Å². The highest BCUT2D eigenvalue weighted by Gasteiger charge is 2.18. The quantitative estimate of drug-likeness (QED) is 0.435. The van der Waals surface area contributed by atoms with E-state index in [1.165, 1.54) is 11.3 Å². The Morgan fingerprint density at radius 1 is 1.24 bits per heavy atom. The third-order valence-electron chi connectivity index (χ3n) is 2.41. The number of thiophene rings is 1. The average Bonchev–Trinajstić information content (AvgIpc) is 2.86. The molecule has 2 rings (SSSR count). The van der Waals surface area contributed by atoms with E-state index in [0.717, 1.165) is 3.79 Å². The molecule has 3 nitrogen and oxygen atoms in total. The zero-order valence-corrected chi connectivity index (χ0v) is 13.3. The number of carbonyl (C=O) groups excluding carboxylic acids is 2. The maximum atomic E-state index is 13.1. The number of ether oxygens (including phenoxy) is 1. The van der Waals surface area contributed by atoms with Crippen LogP contribution < -0.4 is 0 Å². The number of hydrogen-bond donors (Lipinski definition) is 0. The van der Waals surface area contributed by atoms with Crippen molar-refractivity contribution in [3.63, 3.8) is 0 Å². The SMILES string of the molecule is O=C(COC(=O)c1cc(F)c(F)cc1Cl)c1ccc(Br)s1. The summed E-state index contributed by atoms with van der Waals surface area (Å²) >= 11 is 10.0. The fraction of sp³-hybridized carbons (Fsp3) is 0.0769. The summed E-state index contributed by atoms with van der Waals surface area (Å²) in [5.74, 6) is -3.79. The van der Waals surface area contributed by atoms with Crippen molar-refractivity contribution in [1.82, 2.24) is 0 Å². The van der Waals surface area contributed by atoms with E-state index in [1.54, 1.807) is 12.1 Å². The summed E-state index contributed by atoms with van der Waals surface area (Å²) < 4.78 is 31.5. The summed E-state index contributed by atoms with van der Waals surface area (Å²) in [5, 5.41) is -0.287. The van der Waals surface area contributed by atoms with Crippen LogP contribution in [0.3, 0.4) is 0 Å². The van der Waals surface area contributed by atoms with Gasteiger partial charge in [-0.15, -0.1) is 11.3 Å². The molecule has 0 aliphatic heterocycles. The molecule has 0 atom stereocenters. The van der Waals surface area contributed by atoms with Crippen molar-refractivity contribution in [1.29, 1.82) is 0 Å². The first-order valence-electron chi connectivity index (χ1n) is 5.48. The van der Waals surface area contributed by atoms with Gasteiger partial charge in [-0.25, -0.2) is 13.6 Å². The summed E-state index contributed by atoms with van der Waals surface area (Å²) in [6.07, 6.45) is 0. The van der Waals surface area contributed by atoms with Gasteiger partial charge in [0.05, 0.1) is 19.2 Å². The average molecular weight is 396 g/mol. The van der Waals surface area contributed by atoms with Crippen LogP contribution in [0.25, 0.3) is 0 Å². The minimum absolute atomic E-state index is 0.287. The van der Waals surface area contributed by atoms with Crippen LogP contribution in [0.2, 0.25) is 5.02 Å². The highest BCUT2D eigenvalue weighted by atomic mass is 79.9. The van der Waals surface area contributed by atoms with Gasteiger partial charge in [-0.1, -0.05) is 11.6 Å². The fourth-order valence-electron chi connectivity index (χ4n) is 1.42. The molecule has 0 radical (unpaired) electrons. The molecule has 1 heterocycles. The van der Waals surface area contributed by atoms with Gasteiger partial charge in [-0.2, -0.15) is 0 Å². The lowest BCUT2D eigenvalue weighted by Gasteiger charge is -2.05. The van der Waals surface area contributed by atoms with Crippen molar-refractivity contribution in [2.24, 2.45) is 0 Å². The van der Waals surface area contributed by atoms with Gasteiger partial charge in [0.1, 0.15) is 0 Å². The molecule has 0 aliphatic rings. The Morgan fingerprint density at radius 2 is 1.90 bits per heavy atom. The summed E-state index contributed by atoms with van der Waals surface area (Å²) in [6.45, 7) is -0.513. The number of benzene rings is 1. The van der Waals surface area contributed by atoms with Gasteiger partial charge in [-0.3, -0.25) is 4.79 Å². The minimum atomic E-state index is -1.22. The normalized spacial score (nSPS) is 10.5. The Balaban J connectivity index is 2.05. The molecule has 1 aromatic heterocycles. The Morgan fingerprint density at radius 3 is 2.52 bits per heavy atom. The fourth-order valence-corrected chi connectivity index (χ4v) is 2.96. The number of rotatable bonds is 4. The summed E-state index contributed by atoms with van der Waals surface area (Å²) in [6, 6.07) is 4.57. The van der Waals surface area contributed by atoms with Crippen molar-refractivity contribution in [3.8, 4) is 0 Å². The van der Waals surface area contributed by atoms with Crippen molar-refractivity contribution in [2.45, 2.75) is 0 Å². The zero-order chi connectivity index (χ0) is 15.6. The molecule has 0 saturated carbocycles. The number of esters is 1. The number of hydrogen-bond acceptors (Lipinski definition) is 4. The van der Waals surface area contributed by atoms with E-state index in [0.29, 0.717) is 17.0 Å². The van der Waals surface area contributed by atoms with E-state index in [1.807, 2.05) is 0 Å². The van der Waals surface area contributed by atoms with E-state index in [4.69, 9.17) is 16.3 Å². The second kappa shape index (κ2) is 6.64. The van der Waals surface area contributed by atoms with Crippen molar-refractivity contribution < 1.29 is 23.1 Å². The second-order valence-corrected chi connectivity index (χ2v) is 6.72. The van der Waals surface area contributed by atoms with E-state index in [2.05, 4.69) is 15.9 Å².